The molecule has 3 aromatic heterocycles. The van der Waals surface area contributed by atoms with Crippen molar-refractivity contribution in [1.82, 2.24) is 14.5 Å². The van der Waals surface area contributed by atoms with Gasteiger partial charge < -0.3 is 9.15 Å². The van der Waals surface area contributed by atoms with Crippen molar-refractivity contribution in [2.45, 2.75) is 45.3 Å². The third-order valence-corrected chi connectivity index (χ3v) is 7.01. The van der Waals surface area contributed by atoms with Gasteiger partial charge in [0.2, 0.25) is 0 Å². The molecule has 166 valence electrons. The molecule has 0 unspecified atom stereocenters. The molecule has 1 aliphatic rings. The van der Waals surface area contributed by atoms with Crippen LogP contribution in [0.1, 0.15) is 43.9 Å². The zero-order valence-electron chi connectivity index (χ0n) is 18.4. The maximum Gasteiger partial charge on any atom is 0.263 e. The SMILES string of the molecule is CC(C)Oc1ccc(-c2nc3sc4ccccc4c3c(=O)n2Cc2cnco2)c(C2CC2)c1. The zero-order valence-corrected chi connectivity index (χ0v) is 19.3. The number of thiophene rings is 1. The molecule has 0 atom stereocenters. The van der Waals surface area contributed by atoms with Gasteiger partial charge in [-0.2, -0.15) is 0 Å². The van der Waals surface area contributed by atoms with Crippen molar-refractivity contribution < 1.29 is 9.15 Å². The van der Waals surface area contributed by atoms with Gasteiger partial charge in [-0.3, -0.25) is 9.36 Å². The summed E-state index contributed by atoms with van der Waals surface area (Å²) >= 11 is 1.56. The van der Waals surface area contributed by atoms with Crippen LogP contribution in [0.2, 0.25) is 0 Å². The molecule has 1 fully saturated rings. The molecule has 0 spiro atoms. The Kier molecular flexibility index (Phi) is 4.80. The lowest BCUT2D eigenvalue weighted by Gasteiger charge is -2.17. The van der Waals surface area contributed by atoms with Crippen molar-refractivity contribution in [2.75, 3.05) is 0 Å². The molecule has 7 heteroatoms. The van der Waals surface area contributed by atoms with Gasteiger partial charge >= 0.3 is 0 Å². The molecule has 0 aliphatic heterocycles. The van der Waals surface area contributed by atoms with Gasteiger partial charge in [0.05, 0.1) is 24.2 Å². The minimum Gasteiger partial charge on any atom is -0.491 e. The van der Waals surface area contributed by atoms with Crippen molar-refractivity contribution in [3.63, 3.8) is 0 Å². The predicted molar refractivity (Wildman–Crippen MR) is 130 cm³/mol. The number of fused-ring (bicyclic) bond motifs is 3. The first kappa shape index (κ1) is 20.2. The minimum absolute atomic E-state index is 0.0619. The summed E-state index contributed by atoms with van der Waals surface area (Å²) in [5.41, 5.74) is 2.10. The van der Waals surface area contributed by atoms with E-state index in [1.54, 1.807) is 22.1 Å². The van der Waals surface area contributed by atoms with Gasteiger partial charge in [-0.25, -0.2) is 9.97 Å². The Morgan fingerprint density at radius 1 is 1.21 bits per heavy atom. The Balaban J connectivity index is 1.62. The van der Waals surface area contributed by atoms with Crippen LogP contribution in [0.25, 0.3) is 31.7 Å². The molecule has 5 aromatic rings. The fourth-order valence-electron chi connectivity index (χ4n) is 4.36. The van der Waals surface area contributed by atoms with Crippen molar-refractivity contribution >= 4 is 31.6 Å². The lowest BCUT2D eigenvalue weighted by atomic mass is 10.0. The first-order valence-electron chi connectivity index (χ1n) is 11.2. The zero-order chi connectivity index (χ0) is 22.5. The van der Waals surface area contributed by atoms with E-state index in [0.29, 0.717) is 22.9 Å². The maximum atomic E-state index is 13.9. The summed E-state index contributed by atoms with van der Waals surface area (Å²) in [4.78, 5) is 23.7. The molecule has 3 heterocycles. The first-order valence-corrected chi connectivity index (χ1v) is 12.0. The lowest BCUT2D eigenvalue weighted by molar-refractivity contribution is 0.242. The third-order valence-electron chi connectivity index (χ3n) is 5.95. The van der Waals surface area contributed by atoms with Crippen LogP contribution in [0.4, 0.5) is 0 Å². The number of hydrogen-bond acceptors (Lipinski definition) is 6. The fourth-order valence-corrected chi connectivity index (χ4v) is 5.42. The smallest absolute Gasteiger partial charge is 0.263 e. The van der Waals surface area contributed by atoms with E-state index in [2.05, 4.69) is 11.1 Å². The average molecular weight is 458 g/mol. The highest BCUT2D eigenvalue weighted by Crippen LogP contribution is 2.46. The van der Waals surface area contributed by atoms with E-state index in [4.69, 9.17) is 14.1 Å². The van der Waals surface area contributed by atoms with E-state index in [9.17, 15) is 4.79 Å². The molecule has 6 rings (SSSR count). The van der Waals surface area contributed by atoms with Gasteiger partial charge in [-0.15, -0.1) is 11.3 Å². The summed E-state index contributed by atoms with van der Waals surface area (Å²) in [6.45, 7) is 4.32. The molecule has 0 saturated heterocycles. The van der Waals surface area contributed by atoms with Crippen molar-refractivity contribution in [3.8, 4) is 17.1 Å². The topological polar surface area (TPSA) is 70.2 Å². The van der Waals surface area contributed by atoms with E-state index < -0.39 is 0 Å². The van der Waals surface area contributed by atoms with E-state index in [-0.39, 0.29) is 18.2 Å². The third kappa shape index (κ3) is 3.62. The van der Waals surface area contributed by atoms with E-state index in [1.807, 2.05) is 50.2 Å². The summed E-state index contributed by atoms with van der Waals surface area (Å²) < 4.78 is 14.3. The average Bonchev–Trinajstić information content (AvgIpc) is 3.38. The molecule has 2 aromatic carbocycles. The summed E-state index contributed by atoms with van der Waals surface area (Å²) in [5, 5.41) is 1.60. The van der Waals surface area contributed by atoms with Crippen molar-refractivity contribution in [3.05, 3.63) is 76.7 Å². The highest BCUT2D eigenvalue weighted by molar-refractivity contribution is 7.25. The standard InChI is InChI=1S/C26H23N3O3S/c1-15(2)32-17-9-10-19(21(11-17)16-7-8-16)24-28-25-23(20-5-3-4-6-22(20)33-25)26(30)29(24)13-18-12-27-14-31-18/h3-6,9-12,14-16H,7-8,13H2,1-2H3. The summed E-state index contributed by atoms with van der Waals surface area (Å²) in [6, 6.07) is 14.1. The van der Waals surface area contributed by atoms with E-state index in [1.165, 1.54) is 12.0 Å². The van der Waals surface area contributed by atoms with E-state index in [0.717, 1.165) is 39.1 Å². The van der Waals surface area contributed by atoms with Crippen LogP contribution in [0.3, 0.4) is 0 Å². The Morgan fingerprint density at radius 3 is 2.82 bits per heavy atom. The Morgan fingerprint density at radius 2 is 2.06 bits per heavy atom. The number of benzene rings is 2. The van der Waals surface area contributed by atoms with E-state index >= 15 is 0 Å². The molecule has 33 heavy (non-hydrogen) atoms. The van der Waals surface area contributed by atoms with Crippen LogP contribution in [0, 0.1) is 0 Å². The number of aromatic nitrogens is 3. The molecular weight excluding hydrogens is 434 g/mol. The van der Waals surface area contributed by atoms with Gasteiger partial charge in [0.1, 0.15) is 22.2 Å². The van der Waals surface area contributed by atoms with Crippen LogP contribution >= 0.6 is 11.3 Å². The molecular formula is C26H23N3O3S. The van der Waals surface area contributed by atoms with Gasteiger partial charge in [0.15, 0.2) is 6.39 Å². The number of rotatable bonds is 6. The van der Waals surface area contributed by atoms with Crippen LogP contribution in [0.15, 0.2) is 64.3 Å². The second-order valence-corrected chi connectivity index (χ2v) is 9.79. The molecule has 0 N–H and O–H groups in total. The molecule has 1 saturated carbocycles. The van der Waals surface area contributed by atoms with Crippen LogP contribution in [0.5, 0.6) is 5.75 Å². The van der Waals surface area contributed by atoms with Gasteiger partial charge in [-0.05, 0) is 62.4 Å². The molecule has 6 nitrogen and oxygen atoms in total. The molecule has 0 amide bonds. The molecule has 1 aliphatic carbocycles. The van der Waals surface area contributed by atoms with Crippen molar-refractivity contribution in [1.29, 1.82) is 0 Å². The lowest BCUT2D eigenvalue weighted by Crippen LogP contribution is -2.24. The number of oxazole rings is 1. The summed E-state index contributed by atoms with van der Waals surface area (Å²) in [6.07, 6.45) is 5.40. The van der Waals surface area contributed by atoms with Gasteiger partial charge in [0.25, 0.3) is 5.56 Å². The number of hydrogen-bond donors (Lipinski definition) is 0. The summed E-state index contributed by atoms with van der Waals surface area (Å²) in [5.74, 6) is 2.59. The summed E-state index contributed by atoms with van der Waals surface area (Å²) in [7, 11) is 0. The Labute approximate surface area is 194 Å². The normalized spacial score (nSPS) is 13.9. The maximum absolute atomic E-state index is 13.9. The largest absolute Gasteiger partial charge is 0.491 e. The second-order valence-electron chi connectivity index (χ2n) is 8.76. The van der Waals surface area contributed by atoms with Crippen LogP contribution < -0.4 is 10.3 Å². The molecule has 0 radical (unpaired) electrons. The van der Waals surface area contributed by atoms with Gasteiger partial charge in [-0.1, -0.05) is 18.2 Å². The highest BCUT2D eigenvalue weighted by Gasteiger charge is 2.29. The Hall–Kier alpha value is -3.45. The second kappa shape index (κ2) is 7.85. The van der Waals surface area contributed by atoms with Crippen LogP contribution in [-0.4, -0.2) is 20.6 Å². The quantitative estimate of drug-likeness (QED) is 0.314. The Bertz CT molecular complexity index is 1530. The van der Waals surface area contributed by atoms with Crippen molar-refractivity contribution in [2.24, 2.45) is 0 Å². The highest BCUT2D eigenvalue weighted by atomic mass is 32.1. The number of ether oxygens (including phenoxy) is 1. The predicted octanol–water partition coefficient (Wildman–Crippen LogP) is 5.98. The van der Waals surface area contributed by atoms with Crippen LogP contribution in [-0.2, 0) is 6.54 Å². The number of nitrogens with zero attached hydrogens (tertiary/aromatic N) is 3. The monoisotopic (exact) mass is 457 g/mol. The fraction of sp³-hybridized carbons (Fsp3) is 0.269. The minimum atomic E-state index is -0.0619. The molecule has 0 bridgehead atoms. The van der Waals surface area contributed by atoms with Gasteiger partial charge in [0, 0.05) is 15.6 Å². The first-order chi connectivity index (χ1) is 16.1.